The van der Waals surface area contributed by atoms with Crippen molar-refractivity contribution in [2.45, 2.75) is 58.1 Å². The van der Waals surface area contributed by atoms with Gasteiger partial charge in [-0.25, -0.2) is 0 Å². The lowest BCUT2D eigenvalue weighted by Crippen LogP contribution is -2.36. The number of ether oxygens (including phenoxy) is 1. The summed E-state index contributed by atoms with van der Waals surface area (Å²) >= 11 is 5.27. The molecule has 0 radical (unpaired) electrons. The zero-order chi connectivity index (χ0) is 22.2. The largest absolute Gasteiger partial charge is 0.491 e. The molecule has 1 aliphatic rings. The monoisotopic (exact) mass is 439 g/mol. The van der Waals surface area contributed by atoms with Crippen LogP contribution in [0.25, 0.3) is 0 Å². The molecule has 2 amide bonds. The van der Waals surface area contributed by atoms with Crippen LogP contribution in [0.4, 0.5) is 5.69 Å². The minimum absolute atomic E-state index is 0.0666. The van der Waals surface area contributed by atoms with Crippen molar-refractivity contribution in [2.75, 3.05) is 5.32 Å². The van der Waals surface area contributed by atoms with Crippen LogP contribution in [0.1, 0.15) is 66.7 Å². The van der Waals surface area contributed by atoms with E-state index in [1.54, 1.807) is 48.5 Å². The third-order valence-corrected chi connectivity index (χ3v) is 5.24. The smallest absolute Gasteiger partial charge is 0.257 e. The zero-order valence-electron chi connectivity index (χ0n) is 17.9. The first-order chi connectivity index (χ1) is 14.9. The molecular weight excluding hydrogens is 410 g/mol. The Morgan fingerprint density at radius 1 is 0.968 bits per heavy atom. The second-order valence-electron chi connectivity index (χ2n) is 7.99. The van der Waals surface area contributed by atoms with Crippen molar-refractivity contribution in [2.24, 2.45) is 0 Å². The number of benzene rings is 2. The lowest BCUT2D eigenvalue weighted by atomic mass is 9.95. The van der Waals surface area contributed by atoms with Crippen LogP contribution >= 0.6 is 12.2 Å². The molecule has 0 aromatic heterocycles. The van der Waals surface area contributed by atoms with E-state index in [1.807, 2.05) is 13.8 Å². The van der Waals surface area contributed by atoms with E-state index < -0.39 is 0 Å². The highest BCUT2D eigenvalue weighted by atomic mass is 32.1. The van der Waals surface area contributed by atoms with E-state index in [4.69, 9.17) is 17.0 Å². The SMILES string of the molecule is CC(C)Oc1ccc(C(=O)NC(=S)Nc2cccc(C(=O)NC3CCCCC3)c2)cc1. The number of hydrogen-bond acceptors (Lipinski definition) is 4. The Bertz CT molecular complexity index is 922. The molecule has 0 bridgehead atoms. The highest BCUT2D eigenvalue weighted by molar-refractivity contribution is 7.80. The standard InChI is InChI=1S/C24H29N3O3S/c1-16(2)30-21-13-11-17(12-14-21)22(28)27-24(31)26-20-10-6-7-18(15-20)23(29)25-19-8-4-3-5-9-19/h6-7,10-16,19H,3-5,8-9H2,1-2H3,(H,25,29)(H2,26,27,28,31). The van der Waals surface area contributed by atoms with Gasteiger partial charge in [0.15, 0.2) is 5.11 Å². The van der Waals surface area contributed by atoms with Crippen LogP contribution in [0, 0.1) is 0 Å². The summed E-state index contributed by atoms with van der Waals surface area (Å²) in [6, 6.07) is 14.2. The minimum atomic E-state index is -0.320. The lowest BCUT2D eigenvalue weighted by Gasteiger charge is -2.22. The van der Waals surface area contributed by atoms with Gasteiger partial charge >= 0.3 is 0 Å². The van der Waals surface area contributed by atoms with Gasteiger partial charge in [0.05, 0.1) is 6.10 Å². The van der Waals surface area contributed by atoms with E-state index in [1.165, 1.54) is 6.42 Å². The molecule has 0 aliphatic heterocycles. The number of anilines is 1. The highest BCUT2D eigenvalue weighted by Crippen LogP contribution is 2.19. The van der Waals surface area contributed by atoms with Gasteiger partial charge in [0.25, 0.3) is 11.8 Å². The number of carbonyl (C=O) groups is 2. The Hall–Kier alpha value is -2.93. The average Bonchev–Trinajstić information content (AvgIpc) is 2.74. The van der Waals surface area contributed by atoms with Crippen molar-refractivity contribution in [1.29, 1.82) is 0 Å². The molecule has 3 rings (SSSR count). The predicted molar refractivity (Wildman–Crippen MR) is 127 cm³/mol. The molecule has 7 heteroatoms. The van der Waals surface area contributed by atoms with Gasteiger partial charge in [-0.15, -0.1) is 0 Å². The van der Waals surface area contributed by atoms with Crippen LogP contribution in [0.2, 0.25) is 0 Å². The summed E-state index contributed by atoms with van der Waals surface area (Å²) in [5, 5.41) is 8.90. The van der Waals surface area contributed by atoms with Crippen molar-refractivity contribution < 1.29 is 14.3 Å². The Morgan fingerprint density at radius 3 is 2.35 bits per heavy atom. The van der Waals surface area contributed by atoms with Crippen LogP contribution in [0.5, 0.6) is 5.75 Å². The van der Waals surface area contributed by atoms with Gasteiger partial charge < -0.3 is 15.4 Å². The molecule has 1 aliphatic carbocycles. The van der Waals surface area contributed by atoms with Crippen LogP contribution in [0.15, 0.2) is 48.5 Å². The molecular formula is C24H29N3O3S. The molecule has 0 atom stereocenters. The number of thiocarbonyl (C=S) groups is 1. The first-order valence-electron chi connectivity index (χ1n) is 10.7. The second-order valence-corrected chi connectivity index (χ2v) is 8.40. The van der Waals surface area contributed by atoms with Gasteiger partial charge in [-0.1, -0.05) is 25.3 Å². The maximum absolute atomic E-state index is 12.6. The maximum atomic E-state index is 12.6. The Balaban J connectivity index is 1.54. The van der Waals surface area contributed by atoms with E-state index in [-0.39, 0.29) is 29.1 Å². The van der Waals surface area contributed by atoms with Gasteiger partial charge in [0, 0.05) is 22.9 Å². The van der Waals surface area contributed by atoms with Crippen molar-refractivity contribution in [3.05, 3.63) is 59.7 Å². The normalized spacial score (nSPS) is 14.0. The lowest BCUT2D eigenvalue weighted by molar-refractivity contribution is 0.0926. The van der Waals surface area contributed by atoms with E-state index in [0.29, 0.717) is 22.6 Å². The van der Waals surface area contributed by atoms with Crippen molar-refractivity contribution >= 4 is 34.8 Å². The van der Waals surface area contributed by atoms with Gasteiger partial charge in [-0.3, -0.25) is 14.9 Å². The summed E-state index contributed by atoms with van der Waals surface area (Å²) < 4.78 is 5.58. The summed E-state index contributed by atoms with van der Waals surface area (Å²) in [6.45, 7) is 3.89. The summed E-state index contributed by atoms with van der Waals surface area (Å²) in [4.78, 5) is 25.0. The van der Waals surface area contributed by atoms with Gasteiger partial charge in [-0.05, 0) is 81.4 Å². The third-order valence-electron chi connectivity index (χ3n) is 5.04. The van der Waals surface area contributed by atoms with E-state index in [9.17, 15) is 9.59 Å². The fourth-order valence-electron chi connectivity index (χ4n) is 3.55. The molecule has 0 spiro atoms. The number of hydrogen-bond donors (Lipinski definition) is 3. The topological polar surface area (TPSA) is 79.5 Å². The molecule has 1 fully saturated rings. The van der Waals surface area contributed by atoms with Crippen molar-refractivity contribution in [3.63, 3.8) is 0 Å². The molecule has 1 saturated carbocycles. The number of rotatable bonds is 6. The fourth-order valence-corrected chi connectivity index (χ4v) is 3.76. The number of amides is 2. The summed E-state index contributed by atoms with van der Waals surface area (Å²) in [6.07, 6.45) is 5.69. The summed E-state index contributed by atoms with van der Waals surface area (Å²) in [7, 11) is 0. The van der Waals surface area contributed by atoms with Gasteiger partial charge in [0.1, 0.15) is 5.75 Å². The minimum Gasteiger partial charge on any atom is -0.491 e. The molecule has 0 unspecified atom stereocenters. The summed E-state index contributed by atoms with van der Waals surface area (Å²) in [5.74, 6) is 0.296. The Morgan fingerprint density at radius 2 is 1.68 bits per heavy atom. The molecule has 0 heterocycles. The van der Waals surface area contributed by atoms with Crippen molar-refractivity contribution in [3.8, 4) is 5.75 Å². The van der Waals surface area contributed by atoms with Crippen LogP contribution < -0.4 is 20.7 Å². The first-order valence-corrected chi connectivity index (χ1v) is 11.1. The van der Waals surface area contributed by atoms with E-state index >= 15 is 0 Å². The van der Waals surface area contributed by atoms with E-state index in [2.05, 4.69) is 16.0 Å². The molecule has 3 N–H and O–H groups in total. The first kappa shape index (κ1) is 22.7. The molecule has 164 valence electrons. The van der Waals surface area contributed by atoms with Crippen molar-refractivity contribution in [1.82, 2.24) is 10.6 Å². The van der Waals surface area contributed by atoms with Crippen LogP contribution in [-0.4, -0.2) is 29.1 Å². The summed E-state index contributed by atoms with van der Waals surface area (Å²) in [5.41, 5.74) is 1.67. The fraction of sp³-hybridized carbons (Fsp3) is 0.375. The molecule has 0 saturated heterocycles. The molecule has 2 aromatic rings. The van der Waals surface area contributed by atoms with Gasteiger partial charge in [-0.2, -0.15) is 0 Å². The zero-order valence-corrected chi connectivity index (χ0v) is 18.8. The highest BCUT2D eigenvalue weighted by Gasteiger charge is 2.17. The Kier molecular flexibility index (Phi) is 8.00. The Labute approximate surface area is 188 Å². The average molecular weight is 440 g/mol. The third kappa shape index (κ3) is 7.07. The van der Waals surface area contributed by atoms with Crippen LogP contribution in [-0.2, 0) is 0 Å². The molecule has 31 heavy (non-hydrogen) atoms. The van der Waals surface area contributed by atoms with E-state index in [0.717, 1.165) is 25.7 Å². The van der Waals surface area contributed by atoms with Gasteiger partial charge in [0.2, 0.25) is 0 Å². The maximum Gasteiger partial charge on any atom is 0.257 e. The molecule has 6 nitrogen and oxygen atoms in total. The quantitative estimate of drug-likeness (QED) is 0.571. The molecule has 2 aromatic carbocycles. The predicted octanol–water partition coefficient (Wildman–Crippen LogP) is 4.66. The second kappa shape index (κ2) is 10.9. The number of nitrogens with one attached hydrogen (secondary N) is 3. The number of carbonyl (C=O) groups excluding carboxylic acids is 2. The van der Waals surface area contributed by atoms with Crippen LogP contribution in [0.3, 0.4) is 0 Å².